The van der Waals surface area contributed by atoms with Gasteiger partial charge in [0.2, 0.25) is 0 Å². The monoisotopic (exact) mass is 418 g/mol. The molecule has 21 heavy (non-hydrogen) atoms. The van der Waals surface area contributed by atoms with Gasteiger partial charge >= 0.3 is 129 Å². The van der Waals surface area contributed by atoms with E-state index in [9.17, 15) is 0 Å². The Hall–Kier alpha value is 0.139. The molecule has 1 aromatic rings. The van der Waals surface area contributed by atoms with Gasteiger partial charge in [-0.05, 0) is 0 Å². The van der Waals surface area contributed by atoms with Gasteiger partial charge in [-0.1, -0.05) is 0 Å². The first-order chi connectivity index (χ1) is 9.60. The van der Waals surface area contributed by atoms with E-state index < -0.39 is 0 Å². The van der Waals surface area contributed by atoms with Gasteiger partial charge in [-0.15, -0.1) is 0 Å². The van der Waals surface area contributed by atoms with Crippen LogP contribution in [0.4, 0.5) is 0 Å². The molecule has 0 amide bonds. The molecule has 2 fully saturated rings. The van der Waals surface area contributed by atoms with Crippen molar-refractivity contribution in [2.45, 2.75) is 55.4 Å². The van der Waals surface area contributed by atoms with E-state index in [4.69, 9.17) is 0 Å². The predicted octanol–water partition coefficient (Wildman–Crippen LogP) is -0.505. The molecule has 1 saturated carbocycles. The van der Waals surface area contributed by atoms with E-state index in [0.29, 0.717) is 20.5 Å². The van der Waals surface area contributed by atoms with Gasteiger partial charge in [-0.2, -0.15) is 0 Å². The molecule has 1 aromatic carbocycles. The fourth-order valence-electron chi connectivity index (χ4n) is 3.93. The third-order valence-corrected chi connectivity index (χ3v) is 7.49. The summed E-state index contributed by atoms with van der Waals surface area (Å²) in [7, 11) is 4.74. The molecule has 1 heterocycles. The normalized spacial score (nSPS) is 26.5. The smallest absolute Gasteiger partial charge is 1.00 e. The molecule has 2 nitrogen and oxygen atoms in total. The maximum Gasteiger partial charge on any atom is -1.00 e. The first kappa shape index (κ1) is 17.5. The number of hydrogen-bond donors (Lipinski definition) is 1. The average molecular weight is 418 g/mol. The summed E-state index contributed by atoms with van der Waals surface area (Å²) in [5, 5.41) is 1.36. The summed E-state index contributed by atoms with van der Waals surface area (Å²) in [6.45, 7) is 0. The number of rotatable bonds is 3. The Kier molecular flexibility index (Phi) is 5.95. The number of nitrogens with zero attached hydrogens (tertiary/aromatic N) is 1. The predicted molar refractivity (Wildman–Crippen MR) is 86.1 cm³/mol. The average Bonchev–Trinajstić information content (AvgIpc) is 2.69. The second-order valence-electron chi connectivity index (χ2n) is 6.97. The first-order valence-corrected chi connectivity index (χ1v) is 9.97. The molecule has 4 heteroatoms. The number of quaternary nitrogens is 1. The SMILES string of the molecule is C[N+]1(C)NC2(CCCCC2)CC1C[Se]c1ccccc1.[Br-]. The molecule has 0 aromatic heterocycles. The second-order valence-corrected chi connectivity index (χ2v) is 9.27. The van der Waals surface area contributed by atoms with Crippen molar-refractivity contribution in [1.82, 2.24) is 5.43 Å². The molecule has 1 N–H and O–H groups in total. The van der Waals surface area contributed by atoms with Gasteiger partial charge in [0.05, 0.1) is 0 Å². The van der Waals surface area contributed by atoms with Crippen LogP contribution in [0.3, 0.4) is 0 Å². The van der Waals surface area contributed by atoms with Gasteiger partial charge < -0.3 is 17.0 Å². The number of halogens is 1. The van der Waals surface area contributed by atoms with Crippen molar-refractivity contribution < 1.29 is 21.6 Å². The van der Waals surface area contributed by atoms with E-state index >= 15 is 0 Å². The van der Waals surface area contributed by atoms with E-state index in [0.717, 1.165) is 10.6 Å². The molecule has 3 rings (SSSR count). The van der Waals surface area contributed by atoms with Crippen molar-refractivity contribution in [3.8, 4) is 0 Å². The summed E-state index contributed by atoms with van der Waals surface area (Å²) in [5.74, 6) is 0. The quantitative estimate of drug-likeness (QED) is 0.516. The largest absolute Gasteiger partial charge is 1.00 e. The number of nitrogens with one attached hydrogen (secondary N) is 1. The Balaban J connectivity index is 0.00000161. The molecule has 0 bridgehead atoms. The van der Waals surface area contributed by atoms with Gasteiger partial charge in [0.15, 0.2) is 0 Å². The molecule has 0 radical (unpaired) electrons. The zero-order valence-corrected chi connectivity index (χ0v) is 16.4. The summed E-state index contributed by atoms with van der Waals surface area (Å²) in [6.07, 6.45) is 8.45. The van der Waals surface area contributed by atoms with E-state index in [1.54, 1.807) is 4.46 Å². The van der Waals surface area contributed by atoms with Crippen LogP contribution >= 0.6 is 0 Å². The van der Waals surface area contributed by atoms with E-state index in [2.05, 4.69) is 49.9 Å². The van der Waals surface area contributed by atoms with Crippen molar-refractivity contribution in [1.29, 1.82) is 0 Å². The van der Waals surface area contributed by atoms with Crippen LogP contribution in [0, 0.1) is 0 Å². The van der Waals surface area contributed by atoms with Crippen LogP contribution in [0.15, 0.2) is 30.3 Å². The standard InChI is InChI=1S/C17H27N2Se.BrH/c1-19(2)15(14-20-16-9-5-3-6-10-16)13-17(18-19)11-7-4-8-12-17;/h3,5-6,9-10,15,18H,4,7-8,11-14H2,1-2H3;1H/q+1;/p-1. The number of hydrogen-bond acceptors (Lipinski definition) is 1. The Morgan fingerprint density at radius 1 is 1.14 bits per heavy atom. The van der Waals surface area contributed by atoms with Crippen molar-refractivity contribution >= 4 is 19.4 Å². The van der Waals surface area contributed by atoms with Crippen LogP contribution < -0.4 is 26.9 Å². The third-order valence-electron chi connectivity index (χ3n) is 5.06. The maximum atomic E-state index is 3.98. The fourth-order valence-corrected chi connectivity index (χ4v) is 6.50. The molecule has 1 aliphatic carbocycles. The molecule has 1 saturated heterocycles. The van der Waals surface area contributed by atoms with Crippen LogP contribution in [-0.4, -0.2) is 45.2 Å². The zero-order valence-electron chi connectivity index (χ0n) is 13.1. The summed E-state index contributed by atoms with van der Waals surface area (Å²) in [6, 6.07) is 11.8. The van der Waals surface area contributed by atoms with E-state index in [1.807, 2.05) is 0 Å². The Bertz CT molecular complexity index is 443. The molecule has 2 aliphatic rings. The summed E-state index contributed by atoms with van der Waals surface area (Å²) < 4.78 is 2.57. The topological polar surface area (TPSA) is 12.0 Å². The van der Waals surface area contributed by atoms with Crippen LogP contribution in [0.25, 0.3) is 0 Å². The van der Waals surface area contributed by atoms with Gasteiger partial charge in [0.1, 0.15) is 0 Å². The van der Waals surface area contributed by atoms with Crippen LogP contribution in [0.2, 0.25) is 5.32 Å². The van der Waals surface area contributed by atoms with Crippen LogP contribution in [0.1, 0.15) is 38.5 Å². The fraction of sp³-hybridized carbons (Fsp3) is 0.647. The zero-order chi connectivity index (χ0) is 14.1. The summed E-state index contributed by atoms with van der Waals surface area (Å²) >= 11 is 0.614. The van der Waals surface area contributed by atoms with Crippen molar-refractivity contribution in [2.24, 2.45) is 0 Å². The van der Waals surface area contributed by atoms with Gasteiger partial charge in [-0.3, -0.25) is 0 Å². The molecular weight excluding hydrogens is 391 g/mol. The van der Waals surface area contributed by atoms with E-state index in [-0.39, 0.29) is 17.0 Å². The molecule has 1 spiro atoms. The van der Waals surface area contributed by atoms with Crippen molar-refractivity contribution in [2.75, 3.05) is 14.1 Å². The molecule has 118 valence electrons. The summed E-state index contributed by atoms with van der Waals surface area (Å²) in [4.78, 5) is 0. The minimum absolute atomic E-state index is 0. The van der Waals surface area contributed by atoms with E-state index in [1.165, 1.54) is 43.8 Å². The number of benzene rings is 1. The molecule has 1 unspecified atom stereocenters. The van der Waals surface area contributed by atoms with Crippen molar-refractivity contribution in [3.63, 3.8) is 0 Å². The van der Waals surface area contributed by atoms with Crippen LogP contribution in [0.5, 0.6) is 0 Å². The first-order valence-electron chi connectivity index (χ1n) is 7.91. The van der Waals surface area contributed by atoms with Gasteiger partial charge in [0.25, 0.3) is 0 Å². The molecule has 1 atom stereocenters. The minimum atomic E-state index is 0. The third kappa shape index (κ3) is 4.11. The second kappa shape index (κ2) is 7.14. The Labute approximate surface area is 146 Å². The minimum Gasteiger partial charge on any atom is -1.00 e. The molecular formula is C17H27BrN2Se. The van der Waals surface area contributed by atoms with Gasteiger partial charge in [0, 0.05) is 0 Å². The maximum absolute atomic E-state index is 3.98. The van der Waals surface area contributed by atoms with Gasteiger partial charge in [-0.25, -0.2) is 0 Å². The Morgan fingerprint density at radius 2 is 1.81 bits per heavy atom. The van der Waals surface area contributed by atoms with Crippen molar-refractivity contribution in [3.05, 3.63) is 30.3 Å². The molecule has 1 aliphatic heterocycles. The summed E-state index contributed by atoms with van der Waals surface area (Å²) in [5.41, 5.74) is 4.44. The van der Waals surface area contributed by atoms with Crippen LogP contribution in [-0.2, 0) is 0 Å². The Morgan fingerprint density at radius 3 is 2.48 bits per heavy atom.